The van der Waals surface area contributed by atoms with E-state index in [0.717, 1.165) is 5.69 Å². The first kappa shape index (κ1) is 13.0. The zero-order chi connectivity index (χ0) is 13.3. The van der Waals surface area contributed by atoms with E-state index in [4.69, 9.17) is 0 Å². The third-order valence-corrected chi connectivity index (χ3v) is 4.04. The summed E-state index contributed by atoms with van der Waals surface area (Å²) in [5.74, 6) is 0. The number of hydrogen-bond donors (Lipinski definition) is 1. The SMILES string of the molecule is Bc1c(B)c(B)c(Nc2ccccc2)c(B)c1B. The lowest BCUT2D eigenvalue weighted by Gasteiger charge is -2.21. The van der Waals surface area contributed by atoms with Crippen molar-refractivity contribution < 1.29 is 0 Å². The van der Waals surface area contributed by atoms with Crippen molar-refractivity contribution in [3.05, 3.63) is 30.3 Å². The van der Waals surface area contributed by atoms with Gasteiger partial charge in [-0.1, -0.05) is 40.1 Å². The van der Waals surface area contributed by atoms with Crippen molar-refractivity contribution in [1.29, 1.82) is 0 Å². The van der Waals surface area contributed by atoms with Crippen molar-refractivity contribution in [1.82, 2.24) is 0 Å². The second kappa shape index (κ2) is 5.05. The van der Waals surface area contributed by atoms with E-state index < -0.39 is 0 Å². The maximum Gasteiger partial charge on any atom is 0.141 e. The summed E-state index contributed by atoms with van der Waals surface area (Å²) in [7, 11) is 11.0. The molecule has 2 aromatic rings. The van der Waals surface area contributed by atoms with Gasteiger partial charge in [-0.3, -0.25) is 0 Å². The summed E-state index contributed by atoms with van der Waals surface area (Å²) < 4.78 is 0. The Morgan fingerprint density at radius 1 is 0.611 bits per heavy atom. The molecule has 0 aromatic heterocycles. The summed E-state index contributed by atoms with van der Waals surface area (Å²) in [4.78, 5) is 0. The quantitative estimate of drug-likeness (QED) is 0.507. The Morgan fingerprint density at radius 3 is 1.56 bits per heavy atom. The van der Waals surface area contributed by atoms with Gasteiger partial charge in [0.15, 0.2) is 0 Å². The van der Waals surface area contributed by atoms with Crippen LogP contribution in [0.2, 0.25) is 0 Å². The van der Waals surface area contributed by atoms with Crippen LogP contribution in [0, 0.1) is 0 Å². The summed E-state index contributed by atoms with van der Waals surface area (Å²) in [5.41, 5.74) is 9.27. The van der Waals surface area contributed by atoms with Crippen LogP contribution in [0.5, 0.6) is 0 Å². The minimum absolute atomic E-state index is 1.14. The van der Waals surface area contributed by atoms with Gasteiger partial charge in [-0.25, -0.2) is 0 Å². The second-order valence-corrected chi connectivity index (χ2v) is 4.99. The molecule has 0 atom stereocenters. The molecule has 0 saturated heterocycles. The Morgan fingerprint density at radius 2 is 1.06 bits per heavy atom. The maximum absolute atomic E-state index is 3.55. The Kier molecular flexibility index (Phi) is 3.65. The number of nitrogens with one attached hydrogen (secondary N) is 1. The molecule has 0 spiro atoms. The Hall–Kier alpha value is -1.44. The third kappa shape index (κ3) is 2.24. The van der Waals surface area contributed by atoms with Crippen LogP contribution < -0.4 is 32.6 Å². The van der Waals surface area contributed by atoms with Gasteiger partial charge in [0.2, 0.25) is 0 Å². The molecule has 0 fully saturated rings. The zero-order valence-corrected chi connectivity index (χ0v) is 11.9. The van der Waals surface area contributed by atoms with E-state index in [0.29, 0.717) is 0 Å². The van der Waals surface area contributed by atoms with Gasteiger partial charge in [0.1, 0.15) is 39.2 Å². The lowest BCUT2D eigenvalue weighted by molar-refractivity contribution is 1.60. The summed E-state index contributed by atoms with van der Waals surface area (Å²) in [6.45, 7) is 0. The highest BCUT2D eigenvalue weighted by Crippen LogP contribution is 2.10. The molecule has 0 radical (unpaired) electrons. The van der Waals surface area contributed by atoms with Crippen LogP contribution >= 0.6 is 0 Å². The number of para-hydroxylation sites is 1. The fourth-order valence-corrected chi connectivity index (χ4v) is 2.35. The molecule has 6 heteroatoms. The highest BCUT2D eigenvalue weighted by molar-refractivity contribution is 6.68. The van der Waals surface area contributed by atoms with E-state index in [2.05, 4.69) is 68.8 Å². The van der Waals surface area contributed by atoms with Gasteiger partial charge < -0.3 is 5.32 Å². The highest BCUT2D eigenvalue weighted by Gasteiger charge is 2.10. The number of hydrogen-bond acceptors (Lipinski definition) is 1. The van der Waals surface area contributed by atoms with Gasteiger partial charge in [0, 0.05) is 11.4 Å². The molecule has 2 rings (SSSR count). The molecule has 1 nitrogen and oxygen atoms in total. The summed E-state index contributed by atoms with van der Waals surface area (Å²) in [6.07, 6.45) is 0. The largest absolute Gasteiger partial charge is 0.356 e. The lowest BCUT2D eigenvalue weighted by atomic mass is 9.61. The standard InChI is InChI=1S/C12H16B5N/c13-7-8(14)10(16)12(11(17)9(7)15)18-6-4-2-1-3-5-6/h1-5,18H,13-17H2. The van der Waals surface area contributed by atoms with Gasteiger partial charge in [-0.15, -0.1) is 5.46 Å². The molecular formula is C12H16B5N. The predicted molar refractivity (Wildman–Crippen MR) is 97.1 cm³/mol. The third-order valence-electron chi connectivity index (χ3n) is 4.04. The number of anilines is 2. The smallest absolute Gasteiger partial charge is 0.141 e. The Labute approximate surface area is 114 Å². The molecule has 2 aromatic carbocycles. The molecule has 0 aliphatic rings. The molecule has 0 unspecified atom stereocenters. The normalized spacial score (nSPS) is 10.2. The van der Waals surface area contributed by atoms with Crippen LogP contribution in [-0.2, 0) is 0 Å². The molecule has 18 heavy (non-hydrogen) atoms. The zero-order valence-electron chi connectivity index (χ0n) is 11.9. The van der Waals surface area contributed by atoms with Crippen LogP contribution in [0.25, 0.3) is 0 Å². The van der Waals surface area contributed by atoms with Gasteiger partial charge in [0.25, 0.3) is 0 Å². The molecule has 0 heterocycles. The second-order valence-electron chi connectivity index (χ2n) is 4.99. The van der Waals surface area contributed by atoms with E-state index in [1.807, 2.05) is 6.07 Å². The van der Waals surface area contributed by atoms with Crippen LogP contribution in [0.15, 0.2) is 30.3 Å². The number of benzene rings is 2. The first-order valence-electron chi connectivity index (χ1n) is 6.41. The van der Waals surface area contributed by atoms with E-state index in [9.17, 15) is 0 Å². The maximum atomic E-state index is 3.55. The van der Waals surface area contributed by atoms with Gasteiger partial charge in [-0.2, -0.15) is 0 Å². The van der Waals surface area contributed by atoms with E-state index in [1.54, 1.807) is 0 Å². The Balaban J connectivity index is 2.52. The van der Waals surface area contributed by atoms with Crippen LogP contribution in [0.3, 0.4) is 0 Å². The van der Waals surface area contributed by atoms with Crippen molar-refractivity contribution in [2.45, 2.75) is 0 Å². The molecule has 0 aliphatic carbocycles. The fourth-order valence-electron chi connectivity index (χ4n) is 2.35. The van der Waals surface area contributed by atoms with Crippen molar-refractivity contribution in [3.8, 4) is 0 Å². The minimum Gasteiger partial charge on any atom is -0.356 e. The van der Waals surface area contributed by atoms with Gasteiger partial charge >= 0.3 is 0 Å². The van der Waals surface area contributed by atoms with Gasteiger partial charge in [0.05, 0.1) is 0 Å². The van der Waals surface area contributed by atoms with Gasteiger partial charge in [-0.05, 0) is 12.1 Å². The first-order valence-corrected chi connectivity index (χ1v) is 6.41. The monoisotopic (exact) mass is 229 g/mol. The van der Waals surface area contributed by atoms with Crippen molar-refractivity contribution >= 4 is 77.9 Å². The van der Waals surface area contributed by atoms with Crippen LogP contribution in [0.1, 0.15) is 0 Å². The molecular weight excluding hydrogens is 212 g/mol. The van der Waals surface area contributed by atoms with Crippen molar-refractivity contribution in [3.63, 3.8) is 0 Å². The number of rotatable bonds is 2. The van der Waals surface area contributed by atoms with E-state index >= 15 is 0 Å². The highest BCUT2D eigenvalue weighted by atomic mass is 14.9. The molecule has 84 valence electrons. The summed E-state index contributed by atoms with van der Waals surface area (Å²) >= 11 is 0. The average Bonchev–Trinajstić information content (AvgIpc) is 2.40. The lowest BCUT2D eigenvalue weighted by Crippen LogP contribution is -2.55. The molecule has 1 N–H and O–H groups in total. The van der Waals surface area contributed by atoms with Crippen LogP contribution in [-0.4, -0.2) is 39.2 Å². The molecule has 0 amide bonds. The summed E-state index contributed by atoms with van der Waals surface area (Å²) in [6, 6.07) is 10.4. The fraction of sp³-hybridized carbons (Fsp3) is 0. The predicted octanol–water partition coefficient (Wildman–Crippen LogP) is -5.28. The first-order chi connectivity index (χ1) is 8.52. The van der Waals surface area contributed by atoms with Crippen LogP contribution in [0.4, 0.5) is 11.4 Å². The minimum atomic E-state index is 1.14. The summed E-state index contributed by atoms with van der Waals surface area (Å²) in [5, 5.41) is 3.55. The van der Waals surface area contributed by atoms with E-state index in [-0.39, 0.29) is 0 Å². The molecule has 0 saturated carbocycles. The molecule has 0 aliphatic heterocycles. The average molecular weight is 228 g/mol. The molecule has 0 bridgehead atoms. The Bertz CT molecular complexity index is 554. The van der Waals surface area contributed by atoms with E-state index in [1.165, 1.54) is 33.0 Å². The topological polar surface area (TPSA) is 12.0 Å². The van der Waals surface area contributed by atoms with Crippen molar-refractivity contribution in [2.75, 3.05) is 5.32 Å². The van der Waals surface area contributed by atoms with Crippen molar-refractivity contribution in [2.24, 2.45) is 0 Å².